The zero-order chi connectivity index (χ0) is 12.8. The van der Waals surface area contributed by atoms with Gasteiger partial charge in [-0.25, -0.2) is 4.98 Å². The van der Waals surface area contributed by atoms with Gasteiger partial charge in [0.2, 0.25) is 0 Å². The fourth-order valence-corrected chi connectivity index (χ4v) is 1.81. The van der Waals surface area contributed by atoms with Gasteiger partial charge in [-0.2, -0.15) is 0 Å². The van der Waals surface area contributed by atoms with Crippen molar-refractivity contribution < 1.29 is 4.74 Å². The topological polar surface area (TPSA) is 60.2 Å². The Bertz CT molecular complexity index is 502. The summed E-state index contributed by atoms with van der Waals surface area (Å²) < 4.78 is 6.50. The second-order valence-corrected chi connectivity index (χ2v) is 4.53. The van der Waals surface area contributed by atoms with Gasteiger partial charge < -0.3 is 15.8 Å². The number of aromatic nitrogens is 1. The Morgan fingerprint density at radius 3 is 2.72 bits per heavy atom. The van der Waals surface area contributed by atoms with E-state index in [0.29, 0.717) is 13.2 Å². The molecular weight excluding hydrogens is 294 g/mol. The molecule has 1 aromatic carbocycles. The highest BCUT2D eigenvalue weighted by molar-refractivity contribution is 9.10. The predicted molar refractivity (Wildman–Crippen MR) is 76.8 cm³/mol. The van der Waals surface area contributed by atoms with Gasteiger partial charge in [-0.3, -0.25) is 0 Å². The maximum Gasteiger partial charge on any atom is 0.140 e. The SMILES string of the molecule is Nc1ccc(OCCNc2ncccc2Br)cc1. The molecule has 0 amide bonds. The third-order valence-corrected chi connectivity index (χ3v) is 2.94. The quantitative estimate of drug-likeness (QED) is 0.658. The standard InChI is InChI=1S/C13H14BrN3O/c14-12-2-1-7-16-13(12)17-8-9-18-11-5-3-10(15)4-6-11/h1-7H,8-9,15H2,(H,16,17). The summed E-state index contributed by atoms with van der Waals surface area (Å²) in [6, 6.07) is 11.2. The van der Waals surface area contributed by atoms with Crippen LogP contribution < -0.4 is 15.8 Å². The number of anilines is 2. The molecule has 3 N–H and O–H groups in total. The first kappa shape index (κ1) is 12.7. The summed E-state index contributed by atoms with van der Waals surface area (Å²) >= 11 is 3.42. The molecule has 0 aliphatic heterocycles. The van der Waals surface area contributed by atoms with Crippen molar-refractivity contribution in [2.75, 3.05) is 24.2 Å². The summed E-state index contributed by atoms with van der Waals surface area (Å²) in [4.78, 5) is 4.20. The Kier molecular flexibility index (Phi) is 4.41. The number of pyridine rings is 1. The zero-order valence-corrected chi connectivity index (χ0v) is 11.4. The number of ether oxygens (including phenoxy) is 1. The molecule has 1 aromatic heterocycles. The number of hydrogen-bond acceptors (Lipinski definition) is 4. The Hall–Kier alpha value is -1.75. The molecular formula is C13H14BrN3O. The van der Waals surface area contributed by atoms with Crippen LogP contribution in [0.25, 0.3) is 0 Å². The van der Waals surface area contributed by atoms with Crippen molar-refractivity contribution in [1.82, 2.24) is 4.98 Å². The van der Waals surface area contributed by atoms with Crippen LogP contribution in [0.2, 0.25) is 0 Å². The van der Waals surface area contributed by atoms with E-state index in [0.717, 1.165) is 21.7 Å². The molecule has 0 spiro atoms. The number of benzene rings is 1. The maximum absolute atomic E-state index is 5.59. The second kappa shape index (κ2) is 6.26. The highest BCUT2D eigenvalue weighted by atomic mass is 79.9. The van der Waals surface area contributed by atoms with Crippen LogP contribution in [0, 0.1) is 0 Å². The third kappa shape index (κ3) is 3.63. The number of hydrogen-bond donors (Lipinski definition) is 2. The molecule has 2 aromatic rings. The molecule has 0 saturated carbocycles. The zero-order valence-electron chi connectivity index (χ0n) is 9.77. The molecule has 5 heteroatoms. The molecule has 1 heterocycles. The van der Waals surface area contributed by atoms with Crippen LogP contribution in [0.4, 0.5) is 11.5 Å². The van der Waals surface area contributed by atoms with Crippen molar-refractivity contribution in [1.29, 1.82) is 0 Å². The second-order valence-electron chi connectivity index (χ2n) is 3.68. The lowest BCUT2D eigenvalue weighted by molar-refractivity contribution is 0.333. The largest absolute Gasteiger partial charge is 0.492 e. The Balaban J connectivity index is 1.76. The normalized spacial score (nSPS) is 10.1. The molecule has 4 nitrogen and oxygen atoms in total. The van der Waals surface area contributed by atoms with E-state index in [1.165, 1.54) is 0 Å². The average Bonchev–Trinajstić information content (AvgIpc) is 2.39. The minimum Gasteiger partial charge on any atom is -0.492 e. The summed E-state index contributed by atoms with van der Waals surface area (Å²) in [5.74, 6) is 1.63. The monoisotopic (exact) mass is 307 g/mol. The van der Waals surface area contributed by atoms with Crippen molar-refractivity contribution in [3.8, 4) is 5.75 Å². The molecule has 0 bridgehead atoms. The molecule has 0 aliphatic rings. The number of halogens is 1. The van der Waals surface area contributed by atoms with Crippen LogP contribution in [-0.4, -0.2) is 18.1 Å². The first-order valence-electron chi connectivity index (χ1n) is 5.58. The maximum atomic E-state index is 5.59. The van der Waals surface area contributed by atoms with E-state index in [1.54, 1.807) is 6.20 Å². The summed E-state index contributed by atoms with van der Waals surface area (Å²) in [5, 5.41) is 3.19. The van der Waals surface area contributed by atoms with Crippen LogP contribution in [0.3, 0.4) is 0 Å². The Morgan fingerprint density at radius 1 is 1.22 bits per heavy atom. The van der Waals surface area contributed by atoms with E-state index >= 15 is 0 Å². The number of nitrogens with two attached hydrogens (primary N) is 1. The minimum absolute atomic E-state index is 0.562. The molecule has 94 valence electrons. The van der Waals surface area contributed by atoms with Crippen molar-refractivity contribution in [3.05, 3.63) is 47.1 Å². The molecule has 0 saturated heterocycles. The molecule has 0 atom stereocenters. The lowest BCUT2D eigenvalue weighted by Gasteiger charge is -2.09. The van der Waals surface area contributed by atoms with Crippen molar-refractivity contribution in [3.63, 3.8) is 0 Å². The summed E-state index contributed by atoms with van der Waals surface area (Å²) in [6.07, 6.45) is 1.74. The van der Waals surface area contributed by atoms with Gasteiger partial charge in [0, 0.05) is 11.9 Å². The molecule has 18 heavy (non-hydrogen) atoms. The van der Waals surface area contributed by atoms with Gasteiger partial charge in [-0.05, 0) is 52.3 Å². The summed E-state index contributed by atoms with van der Waals surface area (Å²) in [7, 11) is 0. The first-order valence-corrected chi connectivity index (χ1v) is 6.38. The molecule has 0 aliphatic carbocycles. The third-order valence-electron chi connectivity index (χ3n) is 2.30. The number of rotatable bonds is 5. The van der Waals surface area contributed by atoms with Crippen LogP contribution in [0.15, 0.2) is 47.1 Å². The minimum atomic E-state index is 0.562. The van der Waals surface area contributed by atoms with Gasteiger partial charge in [0.25, 0.3) is 0 Å². The van der Waals surface area contributed by atoms with Crippen molar-refractivity contribution in [2.45, 2.75) is 0 Å². The molecule has 2 rings (SSSR count). The lowest BCUT2D eigenvalue weighted by Crippen LogP contribution is -2.12. The fourth-order valence-electron chi connectivity index (χ4n) is 1.42. The van der Waals surface area contributed by atoms with Gasteiger partial charge in [-0.15, -0.1) is 0 Å². The highest BCUT2D eigenvalue weighted by Gasteiger charge is 1.98. The van der Waals surface area contributed by atoms with Crippen LogP contribution in [0.5, 0.6) is 5.75 Å². The van der Waals surface area contributed by atoms with E-state index in [9.17, 15) is 0 Å². The van der Waals surface area contributed by atoms with E-state index in [2.05, 4.69) is 26.2 Å². The van der Waals surface area contributed by atoms with Crippen molar-refractivity contribution >= 4 is 27.4 Å². The van der Waals surface area contributed by atoms with Crippen LogP contribution >= 0.6 is 15.9 Å². The van der Waals surface area contributed by atoms with Crippen molar-refractivity contribution in [2.24, 2.45) is 0 Å². The Morgan fingerprint density at radius 2 is 2.00 bits per heavy atom. The smallest absolute Gasteiger partial charge is 0.140 e. The van der Waals surface area contributed by atoms with E-state index < -0.39 is 0 Å². The molecule has 0 unspecified atom stereocenters. The van der Waals surface area contributed by atoms with Gasteiger partial charge >= 0.3 is 0 Å². The van der Waals surface area contributed by atoms with Gasteiger partial charge in [0.1, 0.15) is 18.2 Å². The van der Waals surface area contributed by atoms with Crippen LogP contribution in [-0.2, 0) is 0 Å². The molecule has 0 radical (unpaired) electrons. The number of nitrogen functional groups attached to an aromatic ring is 1. The van der Waals surface area contributed by atoms with E-state index in [4.69, 9.17) is 10.5 Å². The molecule has 0 fully saturated rings. The van der Waals surface area contributed by atoms with Gasteiger partial charge in [0.15, 0.2) is 0 Å². The summed E-state index contributed by atoms with van der Waals surface area (Å²) in [5.41, 5.74) is 6.33. The number of nitrogens with one attached hydrogen (secondary N) is 1. The highest BCUT2D eigenvalue weighted by Crippen LogP contribution is 2.18. The van der Waals surface area contributed by atoms with Crippen LogP contribution in [0.1, 0.15) is 0 Å². The average molecular weight is 308 g/mol. The lowest BCUT2D eigenvalue weighted by atomic mass is 10.3. The number of nitrogens with zero attached hydrogens (tertiary/aromatic N) is 1. The summed E-state index contributed by atoms with van der Waals surface area (Å²) in [6.45, 7) is 1.24. The fraction of sp³-hybridized carbons (Fsp3) is 0.154. The van der Waals surface area contributed by atoms with E-state index in [-0.39, 0.29) is 0 Å². The van der Waals surface area contributed by atoms with Gasteiger partial charge in [-0.1, -0.05) is 0 Å². The predicted octanol–water partition coefficient (Wildman–Crippen LogP) is 2.92. The van der Waals surface area contributed by atoms with E-state index in [1.807, 2.05) is 36.4 Å². The van der Waals surface area contributed by atoms with Gasteiger partial charge in [0.05, 0.1) is 11.0 Å². The first-order chi connectivity index (χ1) is 8.75. The Labute approximate surface area is 114 Å².